The average molecular weight is 296 g/mol. The zero-order valence-corrected chi connectivity index (χ0v) is 11.4. The molecule has 0 aliphatic rings. The van der Waals surface area contributed by atoms with Crippen molar-refractivity contribution in [2.75, 3.05) is 6.79 Å². The summed E-state index contributed by atoms with van der Waals surface area (Å²) in [6.45, 7) is 1.87. The van der Waals surface area contributed by atoms with Crippen LogP contribution in [0.25, 0.3) is 10.2 Å². The van der Waals surface area contributed by atoms with Crippen molar-refractivity contribution in [3.8, 4) is 0 Å². The maximum Gasteiger partial charge on any atom is 0.341 e. The number of rotatable bonds is 5. The molecule has 0 aliphatic heterocycles. The van der Waals surface area contributed by atoms with Crippen molar-refractivity contribution in [2.24, 2.45) is 5.16 Å². The number of fused-ring (bicyclic) bond motifs is 1. The molecule has 2 heterocycles. The third kappa shape index (κ3) is 2.56. The molecule has 2 aromatic rings. The van der Waals surface area contributed by atoms with Crippen LogP contribution in [0.3, 0.4) is 0 Å². The maximum absolute atomic E-state index is 12.1. The normalized spacial score (nSPS) is 11.3. The van der Waals surface area contributed by atoms with Gasteiger partial charge in [-0.3, -0.25) is 4.79 Å². The molecule has 0 spiro atoms. The lowest BCUT2D eigenvalue weighted by Gasteiger charge is -2.05. The van der Waals surface area contributed by atoms with Crippen LogP contribution in [0.15, 0.2) is 22.2 Å². The topological polar surface area (TPSA) is 101 Å². The summed E-state index contributed by atoms with van der Waals surface area (Å²) < 4.78 is 1.70. The molecule has 0 fully saturated rings. The van der Waals surface area contributed by atoms with E-state index in [1.165, 1.54) is 23.7 Å². The number of thiophene rings is 1. The molecule has 0 aliphatic carbocycles. The fourth-order valence-corrected chi connectivity index (χ4v) is 2.82. The summed E-state index contributed by atoms with van der Waals surface area (Å²) in [5.74, 6) is -1.25. The molecular weight excluding hydrogens is 284 g/mol. The van der Waals surface area contributed by atoms with Crippen LogP contribution in [0.5, 0.6) is 0 Å². The van der Waals surface area contributed by atoms with Gasteiger partial charge in [0.25, 0.3) is 0 Å². The second-order valence-electron chi connectivity index (χ2n) is 3.82. The number of hydrogen-bond donors (Lipinski definition) is 2. The van der Waals surface area contributed by atoms with E-state index in [1.54, 1.807) is 10.6 Å². The minimum Gasteiger partial charge on any atom is -0.477 e. The highest BCUT2D eigenvalue weighted by Gasteiger charge is 2.16. The first-order chi connectivity index (χ1) is 9.58. The number of nitrogens with zero attached hydrogens (tertiary/aromatic N) is 2. The van der Waals surface area contributed by atoms with Crippen LogP contribution in [-0.4, -0.2) is 33.8 Å². The van der Waals surface area contributed by atoms with Crippen LogP contribution in [0, 0.1) is 0 Å². The lowest BCUT2D eigenvalue weighted by Crippen LogP contribution is -2.17. The SMILES string of the molecule is CCn1cc(C(=O)O)c(=O)c2cc(C=NOCO)sc21. The van der Waals surface area contributed by atoms with E-state index in [4.69, 9.17) is 10.2 Å². The molecule has 2 N–H and O–H groups in total. The summed E-state index contributed by atoms with van der Waals surface area (Å²) in [6.07, 6.45) is 2.70. The molecule has 106 valence electrons. The summed E-state index contributed by atoms with van der Waals surface area (Å²) >= 11 is 1.29. The Morgan fingerprint density at radius 1 is 1.60 bits per heavy atom. The van der Waals surface area contributed by atoms with Crippen molar-refractivity contribution in [3.05, 3.63) is 32.9 Å². The van der Waals surface area contributed by atoms with Gasteiger partial charge in [0.05, 0.1) is 16.5 Å². The fourth-order valence-electron chi connectivity index (χ4n) is 1.77. The van der Waals surface area contributed by atoms with Crippen LogP contribution in [0.2, 0.25) is 0 Å². The molecule has 0 bridgehead atoms. The lowest BCUT2D eigenvalue weighted by molar-refractivity contribution is 0.00272. The van der Waals surface area contributed by atoms with E-state index in [2.05, 4.69) is 9.99 Å². The average Bonchev–Trinajstić information content (AvgIpc) is 2.84. The van der Waals surface area contributed by atoms with E-state index in [0.717, 1.165) is 0 Å². The molecule has 7 nitrogen and oxygen atoms in total. The van der Waals surface area contributed by atoms with Crippen LogP contribution < -0.4 is 5.43 Å². The van der Waals surface area contributed by atoms with Crippen LogP contribution in [0.4, 0.5) is 0 Å². The molecule has 8 heteroatoms. The highest BCUT2D eigenvalue weighted by atomic mass is 32.1. The third-order valence-electron chi connectivity index (χ3n) is 2.65. The molecule has 0 amide bonds. The second-order valence-corrected chi connectivity index (χ2v) is 4.89. The van der Waals surface area contributed by atoms with Gasteiger partial charge in [0.15, 0.2) is 0 Å². The van der Waals surface area contributed by atoms with Gasteiger partial charge in [-0.05, 0) is 13.0 Å². The van der Waals surface area contributed by atoms with Gasteiger partial charge in [-0.15, -0.1) is 11.3 Å². The van der Waals surface area contributed by atoms with Crippen LogP contribution in [0.1, 0.15) is 22.2 Å². The third-order valence-corrected chi connectivity index (χ3v) is 3.76. The minimum atomic E-state index is -1.25. The van der Waals surface area contributed by atoms with Crippen LogP contribution in [-0.2, 0) is 11.4 Å². The zero-order valence-electron chi connectivity index (χ0n) is 10.6. The standard InChI is InChI=1S/C12H12N2O5S/c1-2-14-5-9(12(17)18)10(16)8-3-7(20-11(8)14)4-13-19-6-15/h3-5,15H,2,6H2,1H3,(H,17,18). The second kappa shape index (κ2) is 5.85. The van der Waals surface area contributed by atoms with E-state index >= 15 is 0 Å². The van der Waals surface area contributed by atoms with Gasteiger partial charge in [-0.1, -0.05) is 5.16 Å². The number of carboxylic acids is 1. The quantitative estimate of drug-likeness (QED) is 0.488. The molecule has 20 heavy (non-hydrogen) atoms. The molecule has 0 radical (unpaired) electrons. The van der Waals surface area contributed by atoms with E-state index in [-0.39, 0.29) is 5.56 Å². The summed E-state index contributed by atoms with van der Waals surface area (Å²) in [4.78, 5) is 28.9. The number of hydrogen-bond acceptors (Lipinski definition) is 6. The monoisotopic (exact) mass is 296 g/mol. The first-order valence-corrected chi connectivity index (χ1v) is 6.56. The fraction of sp³-hybridized carbons (Fsp3) is 0.250. The summed E-state index contributed by atoms with van der Waals surface area (Å²) in [7, 11) is 0. The van der Waals surface area contributed by atoms with Crippen molar-refractivity contribution in [2.45, 2.75) is 13.5 Å². The molecule has 0 unspecified atom stereocenters. The van der Waals surface area contributed by atoms with Gasteiger partial charge in [0.1, 0.15) is 10.4 Å². The molecule has 2 aromatic heterocycles. The van der Waals surface area contributed by atoms with Gasteiger partial charge in [0, 0.05) is 12.7 Å². The van der Waals surface area contributed by atoms with E-state index in [0.29, 0.717) is 21.6 Å². The number of aromatic carboxylic acids is 1. The Morgan fingerprint density at radius 2 is 2.35 bits per heavy atom. The summed E-state index contributed by atoms with van der Waals surface area (Å²) in [5.41, 5.74) is -0.775. The Morgan fingerprint density at radius 3 is 2.95 bits per heavy atom. The van der Waals surface area contributed by atoms with E-state index in [9.17, 15) is 9.59 Å². The Kier molecular flexibility index (Phi) is 4.16. The van der Waals surface area contributed by atoms with Crippen molar-refractivity contribution in [1.82, 2.24) is 4.57 Å². The Bertz CT molecular complexity index is 731. The first-order valence-electron chi connectivity index (χ1n) is 5.75. The number of oxime groups is 1. The number of carboxylic acid groups (broad SMARTS) is 1. The van der Waals surface area contributed by atoms with Crippen molar-refractivity contribution in [1.29, 1.82) is 0 Å². The molecule has 2 rings (SSSR count). The van der Waals surface area contributed by atoms with Crippen molar-refractivity contribution < 1.29 is 19.8 Å². The number of aliphatic hydroxyl groups is 1. The lowest BCUT2D eigenvalue weighted by atomic mass is 10.2. The summed E-state index contributed by atoms with van der Waals surface area (Å²) in [5, 5.41) is 21.3. The first kappa shape index (κ1) is 14.2. The van der Waals surface area contributed by atoms with Crippen LogP contribution >= 0.6 is 11.3 Å². The van der Waals surface area contributed by atoms with Crippen molar-refractivity contribution >= 4 is 33.7 Å². The highest BCUT2D eigenvalue weighted by Crippen LogP contribution is 2.23. The van der Waals surface area contributed by atoms with Gasteiger partial charge in [-0.25, -0.2) is 4.79 Å². The molecular formula is C12H12N2O5S. The number of aryl methyl sites for hydroxylation is 1. The van der Waals surface area contributed by atoms with E-state index in [1.807, 2.05) is 6.92 Å². The molecule has 0 aromatic carbocycles. The van der Waals surface area contributed by atoms with Gasteiger partial charge < -0.3 is 19.6 Å². The Balaban J connectivity index is 2.63. The largest absolute Gasteiger partial charge is 0.477 e. The smallest absolute Gasteiger partial charge is 0.341 e. The zero-order chi connectivity index (χ0) is 14.7. The number of carbonyl (C=O) groups is 1. The predicted octanol–water partition coefficient (Wildman–Crippen LogP) is 1.08. The van der Waals surface area contributed by atoms with Gasteiger partial charge in [0.2, 0.25) is 12.2 Å². The minimum absolute atomic E-state index is 0.257. The number of aromatic nitrogens is 1. The highest BCUT2D eigenvalue weighted by molar-refractivity contribution is 7.20. The van der Waals surface area contributed by atoms with Gasteiger partial charge >= 0.3 is 5.97 Å². The number of aliphatic hydroxyl groups excluding tert-OH is 1. The van der Waals surface area contributed by atoms with Gasteiger partial charge in [-0.2, -0.15) is 0 Å². The Labute approximate surface area is 117 Å². The molecule has 0 atom stereocenters. The van der Waals surface area contributed by atoms with E-state index < -0.39 is 18.2 Å². The predicted molar refractivity (Wildman–Crippen MR) is 74.5 cm³/mol. The molecule has 0 saturated heterocycles. The molecule has 0 saturated carbocycles. The number of pyridine rings is 1. The summed E-state index contributed by atoms with van der Waals surface area (Å²) in [6, 6.07) is 1.56. The van der Waals surface area contributed by atoms with Crippen molar-refractivity contribution in [3.63, 3.8) is 0 Å². The Hall–Kier alpha value is -2.19. The maximum atomic E-state index is 12.1.